The molecule has 2 heterocycles. The lowest BCUT2D eigenvalue weighted by molar-refractivity contribution is 0.0941. The Morgan fingerprint density at radius 2 is 1.86 bits per heavy atom. The van der Waals surface area contributed by atoms with Crippen LogP contribution in [0.3, 0.4) is 0 Å². The molecule has 0 spiro atoms. The summed E-state index contributed by atoms with van der Waals surface area (Å²) >= 11 is 0. The van der Waals surface area contributed by atoms with Crippen LogP contribution in [0.1, 0.15) is 40.2 Å². The Kier molecular flexibility index (Phi) is 1.66. The number of aromatic amines is 1. The van der Waals surface area contributed by atoms with Gasteiger partial charge >= 0.3 is 0 Å². The van der Waals surface area contributed by atoms with Gasteiger partial charge in [-0.25, -0.2) is 0 Å². The third-order valence-electron chi connectivity index (χ3n) is 3.30. The number of hydrogen-bond donors (Lipinski definition) is 2. The number of hydrogen-bond acceptors (Lipinski definition) is 1. The number of H-pyrrole nitrogens is 1. The standard InChI is InChI=1S/C11H14N2O/c14-11-10-8(5-6-12-11)7-3-1-2-4-9(7)13-10/h13H,1-6H2,(H,12,14). The van der Waals surface area contributed by atoms with Crippen LogP contribution in [0, 0.1) is 0 Å². The minimum Gasteiger partial charge on any atom is -0.354 e. The topological polar surface area (TPSA) is 44.9 Å². The molecule has 0 unspecified atom stereocenters. The van der Waals surface area contributed by atoms with Crippen molar-refractivity contribution in [3.8, 4) is 0 Å². The van der Waals surface area contributed by atoms with E-state index in [2.05, 4.69) is 10.3 Å². The van der Waals surface area contributed by atoms with E-state index >= 15 is 0 Å². The van der Waals surface area contributed by atoms with Crippen LogP contribution in [0.15, 0.2) is 0 Å². The molecule has 2 aliphatic rings. The van der Waals surface area contributed by atoms with Gasteiger partial charge in [0.25, 0.3) is 5.91 Å². The van der Waals surface area contributed by atoms with Gasteiger partial charge in [-0.15, -0.1) is 0 Å². The van der Waals surface area contributed by atoms with Gasteiger partial charge in [0, 0.05) is 12.2 Å². The van der Waals surface area contributed by atoms with E-state index in [-0.39, 0.29) is 5.91 Å². The highest BCUT2D eigenvalue weighted by molar-refractivity contribution is 5.95. The first-order valence-electron chi connectivity index (χ1n) is 5.37. The van der Waals surface area contributed by atoms with E-state index in [0.717, 1.165) is 31.5 Å². The number of fused-ring (bicyclic) bond motifs is 3. The highest BCUT2D eigenvalue weighted by atomic mass is 16.1. The molecular formula is C11H14N2O. The second-order valence-corrected chi connectivity index (χ2v) is 4.15. The summed E-state index contributed by atoms with van der Waals surface area (Å²) in [5.74, 6) is 0.0839. The lowest BCUT2D eigenvalue weighted by Gasteiger charge is -2.15. The summed E-state index contributed by atoms with van der Waals surface area (Å²) in [6.45, 7) is 0.802. The van der Waals surface area contributed by atoms with Crippen LogP contribution in [0.2, 0.25) is 0 Å². The Morgan fingerprint density at radius 1 is 1.00 bits per heavy atom. The monoisotopic (exact) mass is 190 g/mol. The molecule has 0 aromatic carbocycles. The van der Waals surface area contributed by atoms with E-state index in [1.165, 1.54) is 29.7 Å². The number of carbonyl (C=O) groups is 1. The zero-order valence-corrected chi connectivity index (χ0v) is 8.15. The molecule has 0 atom stereocenters. The van der Waals surface area contributed by atoms with Crippen LogP contribution >= 0.6 is 0 Å². The molecule has 2 N–H and O–H groups in total. The molecule has 0 saturated heterocycles. The Hall–Kier alpha value is -1.25. The molecular weight excluding hydrogens is 176 g/mol. The number of amides is 1. The van der Waals surface area contributed by atoms with Crippen LogP contribution in [0.5, 0.6) is 0 Å². The molecule has 74 valence electrons. The molecule has 0 saturated carbocycles. The fraction of sp³-hybridized carbons (Fsp3) is 0.545. The summed E-state index contributed by atoms with van der Waals surface area (Å²) in [5, 5.41) is 2.88. The van der Waals surface area contributed by atoms with Crippen molar-refractivity contribution in [2.75, 3.05) is 6.54 Å². The van der Waals surface area contributed by atoms with Gasteiger partial charge in [-0.2, -0.15) is 0 Å². The van der Waals surface area contributed by atoms with Crippen molar-refractivity contribution in [1.82, 2.24) is 10.3 Å². The zero-order valence-electron chi connectivity index (χ0n) is 8.15. The van der Waals surface area contributed by atoms with Gasteiger partial charge in [-0.1, -0.05) is 0 Å². The van der Waals surface area contributed by atoms with E-state index in [0.29, 0.717) is 0 Å². The minimum absolute atomic E-state index is 0.0839. The summed E-state index contributed by atoms with van der Waals surface area (Å²) in [6, 6.07) is 0. The molecule has 0 radical (unpaired) electrons. The van der Waals surface area contributed by atoms with Crippen LogP contribution in [-0.2, 0) is 19.3 Å². The van der Waals surface area contributed by atoms with Crippen molar-refractivity contribution in [3.63, 3.8) is 0 Å². The highest BCUT2D eigenvalue weighted by Gasteiger charge is 2.25. The maximum Gasteiger partial charge on any atom is 0.268 e. The summed E-state index contributed by atoms with van der Waals surface area (Å²) in [4.78, 5) is 14.9. The van der Waals surface area contributed by atoms with Gasteiger partial charge in [0.05, 0.1) is 0 Å². The Labute approximate surface area is 82.9 Å². The largest absolute Gasteiger partial charge is 0.354 e. The third kappa shape index (κ3) is 1.01. The Bertz CT molecular complexity index is 392. The second-order valence-electron chi connectivity index (χ2n) is 4.15. The summed E-state index contributed by atoms with van der Waals surface area (Å²) in [6.07, 6.45) is 5.82. The number of aryl methyl sites for hydroxylation is 1. The van der Waals surface area contributed by atoms with E-state index in [4.69, 9.17) is 0 Å². The van der Waals surface area contributed by atoms with Crippen LogP contribution in [0.25, 0.3) is 0 Å². The molecule has 1 aromatic heterocycles. The molecule has 1 aliphatic carbocycles. The minimum atomic E-state index is 0.0839. The normalized spacial score (nSPS) is 19.9. The summed E-state index contributed by atoms with van der Waals surface area (Å²) in [5.41, 5.74) is 4.89. The summed E-state index contributed by atoms with van der Waals surface area (Å²) < 4.78 is 0. The first-order valence-corrected chi connectivity index (χ1v) is 5.37. The number of rotatable bonds is 0. The van der Waals surface area contributed by atoms with Gasteiger partial charge in [0.2, 0.25) is 0 Å². The van der Waals surface area contributed by atoms with Crippen molar-refractivity contribution in [1.29, 1.82) is 0 Å². The van der Waals surface area contributed by atoms with Crippen molar-refractivity contribution in [2.45, 2.75) is 32.1 Å². The maximum absolute atomic E-state index is 11.6. The Morgan fingerprint density at radius 3 is 2.79 bits per heavy atom. The number of carbonyl (C=O) groups excluding carboxylic acids is 1. The van der Waals surface area contributed by atoms with Crippen molar-refractivity contribution in [3.05, 3.63) is 22.5 Å². The van der Waals surface area contributed by atoms with Crippen molar-refractivity contribution in [2.24, 2.45) is 0 Å². The zero-order chi connectivity index (χ0) is 9.54. The predicted molar refractivity (Wildman–Crippen MR) is 53.5 cm³/mol. The number of aromatic nitrogens is 1. The smallest absolute Gasteiger partial charge is 0.268 e. The van der Waals surface area contributed by atoms with Gasteiger partial charge in [-0.05, 0) is 43.2 Å². The first kappa shape index (κ1) is 8.09. The van der Waals surface area contributed by atoms with E-state index in [9.17, 15) is 4.79 Å². The van der Waals surface area contributed by atoms with Gasteiger partial charge in [0.15, 0.2) is 0 Å². The van der Waals surface area contributed by atoms with Crippen molar-refractivity contribution >= 4 is 5.91 Å². The van der Waals surface area contributed by atoms with E-state index < -0.39 is 0 Å². The lowest BCUT2D eigenvalue weighted by atomic mass is 9.92. The maximum atomic E-state index is 11.6. The summed E-state index contributed by atoms with van der Waals surface area (Å²) in [7, 11) is 0. The third-order valence-corrected chi connectivity index (χ3v) is 3.30. The van der Waals surface area contributed by atoms with Gasteiger partial charge in [-0.3, -0.25) is 4.79 Å². The molecule has 1 amide bonds. The molecule has 1 aliphatic heterocycles. The molecule has 1 aromatic rings. The van der Waals surface area contributed by atoms with Crippen molar-refractivity contribution < 1.29 is 4.79 Å². The van der Waals surface area contributed by atoms with Crippen LogP contribution in [0.4, 0.5) is 0 Å². The van der Waals surface area contributed by atoms with E-state index in [1.54, 1.807) is 0 Å². The fourth-order valence-electron chi connectivity index (χ4n) is 2.61. The van der Waals surface area contributed by atoms with Gasteiger partial charge < -0.3 is 10.3 Å². The number of nitrogens with one attached hydrogen (secondary N) is 2. The van der Waals surface area contributed by atoms with Crippen LogP contribution < -0.4 is 5.32 Å². The molecule has 3 rings (SSSR count). The molecule has 14 heavy (non-hydrogen) atoms. The Balaban J connectivity index is 2.15. The molecule has 0 bridgehead atoms. The molecule has 3 heteroatoms. The fourth-order valence-corrected chi connectivity index (χ4v) is 2.61. The quantitative estimate of drug-likeness (QED) is 0.634. The molecule has 0 fully saturated rings. The van der Waals surface area contributed by atoms with Gasteiger partial charge in [0.1, 0.15) is 5.69 Å². The highest BCUT2D eigenvalue weighted by Crippen LogP contribution is 2.28. The average Bonchev–Trinajstić information content (AvgIpc) is 2.59. The average molecular weight is 190 g/mol. The first-order chi connectivity index (χ1) is 6.86. The van der Waals surface area contributed by atoms with Crippen LogP contribution in [-0.4, -0.2) is 17.4 Å². The predicted octanol–water partition coefficient (Wildman–Crippen LogP) is 1.18. The SMILES string of the molecule is O=C1NCCc2c1[nH]c1c2CCCC1. The van der Waals surface area contributed by atoms with E-state index in [1.807, 2.05) is 0 Å². The lowest BCUT2D eigenvalue weighted by Crippen LogP contribution is -2.31. The molecule has 3 nitrogen and oxygen atoms in total. The second kappa shape index (κ2) is 2.87.